The molecule has 5 aromatic rings. The first kappa shape index (κ1) is 21.3. The predicted molar refractivity (Wildman–Crippen MR) is 144 cm³/mol. The van der Waals surface area contributed by atoms with Crippen LogP contribution in [0, 0.1) is 6.92 Å². The zero-order valence-corrected chi connectivity index (χ0v) is 20.3. The summed E-state index contributed by atoms with van der Waals surface area (Å²) in [4.78, 5) is 18.2. The Morgan fingerprint density at radius 1 is 0.971 bits per heavy atom. The van der Waals surface area contributed by atoms with Gasteiger partial charge in [0.05, 0.1) is 11.0 Å². The fourth-order valence-corrected chi connectivity index (χ4v) is 4.91. The molecule has 0 radical (unpaired) electrons. The van der Waals surface area contributed by atoms with E-state index in [2.05, 4.69) is 94.1 Å². The summed E-state index contributed by atoms with van der Waals surface area (Å²) in [6, 6.07) is 17.0. The topological polar surface area (TPSA) is 87.7 Å². The molecular formula is C28H27N7. The second kappa shape index (κ2) is 7.91. The van der Waals surface area contributed by atoms with Crippen LogP contribution in [0.15, 0.2) is 61.1 Å². The van der Waals surface area contributed by atoms with Crippen LogP contribution in [0.5, 0.6) is 0 Å². The van der Waals surface area contributed by atoms with Crippen molar-refractivity contribution in [2.75, 3.05) is 29.5 Å². The van der Waals surface area contributed by atoms with Crippen molar-refractivity contribution in [3.63, 3.8) is 0 Å². The molecule has 0 bridgehead atoms. The maximum Gasteiger partial charge on any atom is 0.222 e. The van der Waals surface area contributed by atoms with E-state index in [-0.39, 0.29) is 5.41 Å². The fraction of sp³-hybridized carbons (Fsp3) is 0.214. The standard InChI is InChI=1S/C28H27N7/c1-16-5-8-20-25(24(16)17-6-10-22-18(11-17)13-30-27(29-4)35-22)32-15-33-26(20)34-19-7-9-21-23(12-19)31-14-28(21,2)3/h5-13,15,31H,14H2,1-4H3,(H,29,30,35)(H,32,33,34). The van der Waals surface area contributed by atoms with Crippen LogP contribution in [0.1, 0.15) is 25.0 Å². The van der Waals surface area contributed by atoms with Crippen LogP contribution in [0.4, 0.5) is 23.1 Å². The third kappa shape index (κ3) is 3.60. The minimum absolute atomic E-state index is 0.140. The number of aryl methyl sites for hydroxylation is 1. The van der Waals surface area contributed by atoms with E-state index in [4.69, 9.17) is 4.98 Å². The Morgan fingerprint density at radius 2 is 1.86 bits per heavy atom. The molecule has 2 aromatic heterocycles. The molecule has 0 atom stereocenters. The average molecular weight is 462 g/mol. The number of hydrogen-bond donors (Lipinski definition) is 3. The Kier molecular flexibility index (Phi) is 4.81. The normalized spacial score (nSPS) is 14.1. The molecule has 0 spiro atoms. The molecule has 3 N–H and O–H groups in total. The summed E-state index contributed by atoms with van der Waals surface area (Å²) in [5, 5.41) is 12.0. The van der Waals surface area contributed by atoms with E-state index < -0.39 is 0 Å². The van der Waals surface area contributed by atoms with E-state index in [0.717, 1.165) is 56.5 Å². The van der Waals surface area contributed by atoms with E-state index in [1.165, 1.54) is 11.3 Å². The van der Waals surface area contributed by atoms with E-state index in [1.807, 2.05) is 19.3 Å². The van der Waals surface area contributed by atoms with Gasteiger partial charge in [-0.2, -0.15) is 0 Å². The average Bonchev–Trinajstić information content (AvgIpc) is 3.17. The molecule has 1 aliphatic rings. The Balaban J connectivity index is 1.43. The molecule has 6 rings (SSSR count). The third-order valence-corrected chi connectivity index (χ3v) is 6.84. The quantitative estimate of drug-likeness (QED) is 0.301. The van der Waals surface area contributed by atoms with E-state index in [9.17, 15) is 0 Å². The van der Waals surface area contributed by atoms with Gasteiger partial charge in [-0.3, -0.25) is 0 Å². The lowest BCUT2D eigenvalue weighted by Gasteiger charge is -2.17. The van der Waals surface area contributed by atoms with Crippen LogP contribution < -0.4 is 16.0 Å². The van der Waals surface area contributed by atoms with E-state index in [1.54, 1.807) is 6.33 Å². The van der Waals surface area contributed by atoms with Crippen molar-refractivity contribution in [1.82, 2.24) is 19.9 Å². The highest BCUT2D eigenvalue weighted by Crippen LogP contribution is 2.39. The maximum absolute atomic E-state index is 4.70. The molecule has 3 heterocycles. The van der Waals surface area contributed by atoms with Gasteiger partial charge in [0.25, 0.3) is 0 Å². The number of hydrogen-bond acceptors (Lipinski definition) is 7. The van der Waals surface area contributed by atoms with Crippen molar-refractivity contribution in [3.8, 4) is 11.1 Å². The summed E-state index contributed by atoms with van der Waals surface area (Å²) in [7, 11) is 1.82. The molecule has 0 amide bonds. The molecular weight excluding hydrogens is 434 g/mol. The molecule has 7 heteroatoms. The van der Waals surface area contributed by atoms with Crippen LogP contribution in [-0.4, -0.2) is 33.5 Å². The largest absolute Gasteiger partial charge is 0.384 e. The van der Waals surface area contributed by atoms with Gasteiger partial charge in [0, 0.05) is 52.9 Å². The zero-order valence-electron chi connectivity index (χ0n) is 20.3. The van der Waals surface area contributed by atoms with Gasteiger partial charge in [-0.1, -0.05) is 32.0 Å². The number of rotatable bonds is 4. The van der Waals surface area contributed by atoms with E-state index in [0.29, 0.717) is 5.95 Å². The van der Waals surface area contributed by atoms with Gasteiger partial charge in [0.15, 0.2) is 0 Å². The first-order valence-electron chi connectivity index (χ1n) is 11.8. The number of benzene rings is 3. The summed E-state index contributed by atoms with van der Waals surface area (Å²) in [5.41, 5.74) is 8.79. The smallest absolute Gasteiger partial charge is 0.222 e. The third-order valence-electron chi connectivity index (χ3n) is 6.84. The summed E-state index contributed by atoms with van der Waals surface area (Å²) in [5.74, 6) is 1.40. The maximum atomic E-state index is 4.70. The van der Waals surface area contributed by atoms with Crippen molar-refractivity contribution in [1.29, 1.82) is 0 Å². The van der Waals surface area contributed by atoms with Crippen molar-refractivity contribution in [3.05, 3.63) is 72.2 Å². The molecule has 0 unspecified atom stereocenters. The van der Waals surface area contributed by atoms with Gasteiger partial charge in [0.2, 0.25) is 5.95 Å². The molecule has 0 aliphatic carbocycles. The second-order valence-electron chi connectivity index (χ2n) is 9.72. The molecule has 0 saturated carbocycles. The summed E-state index contributed by atoms with van der Waals surface area (Å²) in [6.07, 6.45) is 3.48. The molecule has 3 aromatic carbocycles. The van der Waals surface area contributed by atoms with Gasteiger partial charge in [-0.05, 0) is 53.9 Å². The van der Waals surface area contributed by atoms with Gasteiger partial charge >= 0.3 is 0 Å². The highest BCUT2D eigenvalue weighted by Gasteiger charge is 2.29. The molecule has 7 nitrogen and oxygen atoms in total. The number of aromatic nitrogens is 4. The van der Waals surface area contributed by atoms with Crippen LogP contribution in [0.2, 0.25) is 0 Å². The van der Waals surface area contributed by atoms with Gasteiger partial charge in [-0.15, -0.1) is 0 Å². The van der Waals surface area contributed by atoms with Crippen molar-refractivity contribution in [2.24, 2.45) is 0 Å². The number of fused-ring (bicyclic) bond motifs is 3. The first-order chi connectivity index (χ1) is 16.9. The van der Waals surface area contributed by atoms with Gasteiger partial charge in [-0.25, -0.2) is 19.9 Å². The van der Waals surface area contributed by atoms with Crippen molar-refractivity contribution >= 4 is 44.9 Å². The summed E-state index contributed by atoms with van der Waals surface area (Å²) >= 11 is 0. The molecule has 174 valence electrons. The highest BCUT2D eigenvalue weighted by atomic mass is 15.1. The first-order valence-corrected chi connectivity index (χ1v) is 11.8. The Hall–Kier alpha value is -4.26. The van der Waals surface area contributed by atoms with Gasteiger partial charge < -0.3 is 16.0 Å². The monoisotopic (exact) mass is 461 g/mol. The highest BCUT2D eigenvalue weighted by molar-refractivity contribution is 6.02. The number of anilines is 4. The van der Waals surface area contributed by atoms with Crippen LogP contribution >= 0.6 is 0 Å². The second-order valence-corrected chi connectivity index (χ2v) is 9.72. The van der Waals surface area contributed by atoms with Crippen LogP contribution in [0.25, 0.3) is 32.9 Å². The van der Waals surface area contributed by atoms with E-state index >= 15 is 0 Å². The van der Waals surface area contributed by atoms with Crippen LogP contribution in [0.3, 0.4) is 0 Å². The summed E-state index contributed by atoms with van der Waals surface area (Å²) < 4.78 is 0. The lowest BCUT2D eigenvalue weighted by atomic mass is 9.87. The lowest BCUT2D eigenvalue weighted by Crippen LogP contribution is -2.18. The predicted octanol–water partition coefficient (Wildman–Crippen LogP) is 6.04. The number of nitrogens with zero attached hydrogens (tertiary/aromatic N) is 4. The lowest BCUT2D eigenvalue weighted by molar-refractivity contribution is 0.586. The Labute approximate surface area is 204 Å². The Morgan fingerprint density at radius 3 is 2.71 bits per heavy atom. The van der Waals surface area contributed by atoms with Crippen LogP contribution in [-0.2, 0) is 5.41 Å². The van der Waals surface area contributed by atoms with Gasteiger partial charge in [0.1, 0.15) is 12.1 Å². The molecule has 0 saturated heterocycles. The molecule has 1 aliphatic heterocycles. The number of nitrogens with one attached hydrogen (secondary N) is 3. The van der Waals surface area contributed by atoms with Crippen molar-refractivity contribution in [2.45, 2.75) is 26.2 Å². The van der Waals surface area contributed by atoms with Crippen molar-refractivity contribution < 1.29 is 0 Å². The summed E-state index contributed by atoms with van der Waals surface area (Å²) in [6.45, 7) is 7.58. The SMILES string of the molecule is CNc1ncc2cc(-c3c(C)ccc4c(Nc5ccc6c(c5)NCC6(C)C)ncnc34)ccc2n1. The zero-order chi connectivity index (χ0) is 24.2. The fourth-order valence-electron chi connectivity index (χ4n) is 4.91. The minimum atomic E-state index is 0.140. The Bertz CT molecular complexity index is 1610. The minimum Gasteiger partial charge on any atom is -0.384 e. The molecule has 35 heavy (non-hydrogen) atoms. The molecule has 0 fully saturated rings.